The van der Waals surface area contributed by atoms with Crippen LogP contribution >= 0.6 is 23.2 Å². The maximum atomic E-state index is 16.4. The summed E-state index contributed by atoms with van der Waals surface area (Å²) in [6.45, 7) is 3.31. The standard InChI is InChI=1S/C52H51Cl2FN6O7/c1-28(32-8-6-9-33-35(32)27-61(49(33)66)40-16-17-42(62)58-46(40)63)24-29-18-22-60(23-19-29)48(65)30-12-15-38(41(25-30)68-2)56-47(64)45-43(34-10-7-11-37(54)44(34)55)52(51(59-45)20-4-3-5-21-51)36-14-13-31(53)26-39(36)57-50(52)67/h6-15,24-26,29,40,43,45,59H,3-5,16-23,27H2,1-2H3,(H,56,64)(H,57,67)(H,58,62,63)/b28-24-/t40?,43-,45+,52+/m0/s1. The predicted octanol–water partition coefficient (Wildman–Crippen LogP) is 8.14. The van der Waals surface area contributed by atoms with E-state index in [9.17, 15) is 28.8 Å². The maximum Gasteiger partial charge on any atom is 0.255 e. The first-order valence-corrected chi connectivity index (χ1v) is 24.1. The predicted molar refractivity (Wildman–Crippen MR) is 255 cm³/mol. The van der Waals surface area contributed by atoms with Crippen molar-refractivity contribution in [2.45, 2.75) is 100 Å². The molecule has 13 nitrogen and oxygen atoms in total. The number of halogens is 3. The van der Waals surface area contributed by atoms with Crippen molar-refractivity contribution < 1.29 is 37.9 Å². The van der Waals surface area contributed by atoms with Crippen LogP contribution in [-0.2, 0) is 31.1 Å². The number of benzene rings is 4. The van der Waals surface area contributed by atoms with Gasteiger partial charge in [-0.15, -0.1) is 0 Å². The van der Waals surface area contributed by atoms with Gasteiger partial charge in [-0.3, -0.25) is 39.4 Å². The largest absolute Gasteiger partial charge is 0.495 e. The summed E-state index contributed by atoms with van der Waals surface area (Å²) in [6.07, 6.45) is 7.81. The Morgan fingerprint density at radius 3 is 2.43 bits per heavy atom. The number of amides is 6. The van der Waals surface area contributed by atoms with Crippen LogP contribution in [0, 0.1) is 11.7 Å². The minimum Gasteiger partial charge on any atom is -0.495 e. The van der Waals surface area contributed by atoms with Gasteiger partial charge in [0.15, 0.2) is 0 Å². The van der Waals surface area contributed by atoms with Crippen LogP contribution in [0.3, 0.4) is 0 Å². The molecule has 352 valence electrons. The molecule has 1 unspecified atom stereocenters. The second kappa shape index (κ2) is 17.8. The molecule has 10 rings (SSSR count). The van der Waals surface area contributed by atoms with Crippen molar-refractivity contribution in [1.29, 1.82) is 0 Å². The Morgan fingerprint density at radius 2 is 1.68 bits per heavy atom. The third-order valence-electron chi connectivity index (χ3n) is 15.3. The van der Waals surface area contributed by atoms with Crippen LogP contribution < -0.4 is 26.0 Å². The lowest BCUT2D eigenvalue weighted by atomic mass is 9.55. The van der Waals surface area contributed by atoms with Crippen molar-refractivity contribution in [2.75, 3.05) is 30.8 Å². The van der Waals surface area contributed by atoms with E-state index < -0.39 is 46.6 Å². The number of fused-ring (bicyclic) bond motifs is 4. The number of allylic oxidation sites excluding steroid dienone is 2. The minimum atomic E-state index is -1.40. The van der Waals surface area contributed by atoms with Crippen LogP contribution in [0.15, 0.2) is 78.9 Å². The molecule has 68 heavy (non-hydrogen) atoms. The van der Waals surface area contributed by atoms with Gasteiger partial charge in [-0.2, -0.15) is 0 Å². The highest BCUT2D eigenvalue weighted by Crippen LogP contribution is 2.63. The second-order valence-electron chi connectivity index (χ2n) is 19.0. The van der Waals surface area contributed by atoms with E-state index >= 15 is 4.39 Å². The monoisotopic (exact) mass is 960 g/mol. The van der Waals surface area contributed by atoms with Crippen LogP contribution in [0.2, 0.25) is 10.0 Å². The lowest BCUT2D eigenvalue weighted by Crippen LogP contribution is -2.60. The number of hydrogen-bond acceptors (Lipinski definition) is 8. The topological polar surface area (TPSA) is 166 Å². The fourth-order valence-electron chi connectivity index (χ4n) is 12.2. The summed E-state index contributed by atoms with van der Waals surface area (Å²) in [5.41, 5.74) is 3.06. The van der Waals surface area contributed by atoms with Crippen LogP contribution in [0.25, 0.3) is 5.57 Å². The number of piperidine rings is 2. The number of methoxy groups -OCH3 is 1. The first-order chi connectivity index (χ1) is 32.7. The fourth-order valence-corrected chi connectivity index (χ4v) is 12.6. The Morgan fingerprint density at radius 1 is 0.912 bits per heavy atom. The fraction of sp³-hybridized carbons (Fsp3) is 0.385. The maximum absolute atomic E-state index is 16.4. The molecular weight excluding hydrogens is 911 g/mol. The van der Waals surface area contributed by atoms with Crippen molar-refractivity contribution in [1.82, 2.24) is 20.4 Å². The third-order valence-corrected chi connectivity index (χ3v) is 15.9. The quantitative estimate of drug-likeness (QED) is 0.129. The number of imide groups is 1. The van der Waals surface area contributed by atoms with E-state index in [1.165, 1.54) is 13.2 Å². The molecule has 0 radical (unpaired) electrons. The lowest BCUT2D eigenvalue weighted by molar-refractivity contribution is -0.137. The van der Waals surface area contributed by atoms with Crippen molar-refractivity contribution in [3.63, 3.8) is 0 Å². The number of ether oxygens (including phenoxy) is 1. The van der Waals surface area contributed by atoms with Gasteiger partial charge in [-0.25, -0.2) is 4.39 Å². The van der Waals surface area contributed by atoms with E-state index in [0.29, 0.717) is 78.3 Å². The second-order valence-corrected chi connectivity index (χ2v) is 19.8. The molecule has 3 saturated heterocycles. The summed E-state index contributed by atoms with van der Waals surface area (Å²) in [5.74, 6) is -3.31. The number of nitrogens with zero attached hydrogens (tertiary/aromatic N) is 2. The highest BCUT2D eigenvalue weighted by Gasteiger charge is 2.72. The molecule has 2 spiro atoms. The van der Waals surface area contributed by atoms with Gasteiger partial charge in [0.2, 0.25) is 23.6 Å². The van der Waals surface area contributed by atoms with Crippen molar-refractivity contribution in [3.8, 4) is 5.75 Å². The Balaban J connectivity index is 0.860. The van der Waals surface area contributed by atoms with E-state index in [0.717, 1.165) is 36.0 Å². The Bertz CT molecular complexity index is 2840. The molecule has 4 atom stereocenters. The summed E-state index contributed by atoms with van der Waals surface area (Å²) in [5, 5.41) is 12.4. The molecular formula is C52H51Cl2FN6O7. The van der Waals surface area contributed by atoms with Gasteiger partial charge >= 0.3 is 0 Å². The lowest BCUT2D eigenvalue weighted by Gasteiger charge is -2.47. The number of carbonyl (C=O) groups excluding carboxylic acids is 6. The van der Waals surface area contributed by atoms with Crippen LogP contribution in [0.4, 0.5) is 15.8 Å². The summed E-state index contributed by atoms with van der Waals surface area (Å²) in [7, 11) is 1.46. The zero-order valence-electron chi connectivity index (χ0n) is 37.7. The van der Waals surface area contributed by atoms with Crippen molar-refractivity contribution in [3.05, 3.63) is 128 Å². The third kappa shape index (κ3) is 7.46. The molecule has 0 bridgehead atoms. The zero-order chi connectivity index (χ0) is 47.6. The molecule has 0 aromatic heterocycles. The number of rotatable bonds is 8. The Labute approximate surface area is 403 Å². The molecule has 5 aliphatic heterocycles. The molecule has 5 heterocycles. The highest BCUT2D eigenvalue weighted by molar-refractivity contribution is 6.31. The number of carbonyl (C=O) groups is 6. The smallest absolute Gasteiger partial charge is 0.255 e. The molecule has 16 heteroatoms. The van der Waals surface area contributed by atoms with Gasteiger partial charge in [0.25, 0.3) is 11.8 Å². The molecule has 4 aromatic carbocycles. The molecule has 4 aromatic rings. The van der Waals surface area contributed by atoms with Gasteiger partial charge in [0.05, 0.1) is 23.9 Å². The average Bonchev–Trinajstić information content (AvgIpc) is 3.93. The summed E-state index contributed by atoms with van der Waals surface area (Å²) in [4.78, 5) is 84.9. The number of likely N-dealkylation sites (tertiary alicyclic amines) is 1. The van der Waals surface area contributed by atoms with Gasteiger partial charge in [-0.1, -0.05) is 78.9 Å². The van der Waals surface area contributed by atoms with E-state index in [1.54, 1.807) is 58.3 Å². The van der Waals surface area contributed by atoms with Crippen LogP contribution in [-0.4, -0.2) is 83.1 Å². The molecule has 4 N–H and O–H groups in total. The highest BCUT2D eigenvalue weighted by atomic mass is 35.5. The number of hydrogen-bond donors (Lipinski definition) is 4. The van der Waals surface area contributed by atoms with E-state index in [1.807, 2.05) is 25.1 Å². The molecule has 6 amide bonds. The Kier molecular flexibility index (Phi) is 11.9. The minimum absolute atomic E-state index is 0.121. The summed E-state index contributed by atoms with van der Waals surface area (Å²) < 4.78 is 22.2. The van der Waals surface area contributed by atoms with Gasteiger partial charge in [-0.05, 0) is 115 Å². The Hall–Kier alpha value is -6.09. The molecule has 6 aliphatic rings. The van der Waals surface area contributed by atoms with Crippen LogP contribution in [0.5, 0.6) is 5.75 Å². The van der Waals surface area contributed by atoms with Crippen LogP contribution in [0.1, 0.15) is 114 Å². The van der Waals surface area contributed by atoms with Crippen molar-refractivity contribution >= 4 is 75.6 Å². The SMILES string of the molecule is COc1cc(C(=O)N2CCC(/C=C(/C)c3cccc4c3CN(C3CCC(=O)NC3=O)C4=O)CC2)ccc1NC(=O)[C@@H]1NC2(CCCCC2)[C@@]2(C(=O)Nc3cc(Cl)ccc32)[C@H]1c1cccc(Cl)c1F. The normalized spacial score (nSPS) is 24.5. The zero-order valence-corrected chi connectivity index (χ0v) is 39.2. The number of nitrogens with one attached hydrogen (secondary N) is 4. The summed E-state index contributed by atoms with van der Waals surface area (Å²) >= 11 is 12.9. The van der Waals surface area contributed by atoms with Gasteiger partial charge in [0, 0.05) is 59.3 Å². The van der Waals surface area contributed by atoms with E-state index in [2.05, 4.69) is 27.3 Å². The molecule has 4 fully saturated rings. The van der Waals surface area contributed by atoms with E-state index in [4.69, 9.17) is 27.9 Å². The van der Waals surface area contributed by atoms with Crippen molar-refractivity contribution in [2.24, 2.45) is 5.92 Å². The van der Waals surface area contributed by atoms with Gasteiger partial charge < -0.3 is 25.2 Å². The molecule has 1 aliphatic carbocycles. The van der Waals surface area contributed by atoms with Gasteiger partial charge in [0.1, 0.15) is 23.0 Å². The first-order valence-electron chi connectivity index (χ1n) is 23.3. The summed E-state index contributed by atoms with van der Waals surface area (Å²) in [6, 6.07) is 18.6. The average molecular weight is 962 g/mol. The molecule has 1 saturated carbocycles. The number of anilines is 2. The van der Waals surface area contributed by atoms with E-state index in [-0.39, 0.29) is 58.8 Å². The first kappa shape index (κ1) is 45.7.